The van der Waals surface area contributed by atoms with E-state index in [-0.39, 0.29) is 24.5 Å². The molecule has 0 aliphatic heterocycles. The maximum atomic E-state index is 13.3. The Hall–Kier alpha value is -2.87. The molecule has 0 bridgehead atoms. The molecule has 0 aliphatic carbocycles. The molecule has 168 valence electrons. The Bertz CT molecular complexity index is 1160. The van der Waals surface area contributed by atoms with Crippen molar-refractivity contribution in [3.05, 3.63) is 94.5 Å². The van der Waals surface area contributed by atoms with E-state index in [1.165, 1.54) is 0 Å². The second-order valence-electron chi connectivity index (χ2n) is 7.34. The number of ether oxygens (including phenoxy) is 1. The molecule has 0 fully saturated rings. The van der Waals surface area contributed by atoms with Gasteiger partial charge in [0.25, 0.3) is 0 Å². The molecule has 0 aromatic heterocycles. The van der Waals surface area contributed by atoms with Gasteiger partial charge in [0.05, 0.1) is 18.6 Å². The van der Waals surface area contributed by atoms with Crippen LogP contribution in [0.25, 0.3) is 0 Å². The molecule has 0 spiro atoms. The number of rotatable bonds is 9. The summed E-state index contributed by atoms with van der Waals surface area (Å²) in [5.41, 5.74) is 2.51. The summed E-state index contributed by atoms with van der Waals surface area (Å²) in [6, 6.07) is 20.8. The standard InChI is InChI=1S/C24H25ClN2O4S/c1-18-6-12-23(13-7-18)32(29,30)27(16-20-4-3-5-21(25)14-20)17-24(28)26-15-19-8-10-22(31-2)11-9-19/h3-14H,15-17H2,1-2H3,(H,26,28). The maximum absolute atomic E-state index is 13.3. The van der Waals surface area contributed by atoms with Crippen LogP contribution in [-0.2, 0) is 27.9 Å². The van der Waals surface area contributed by atoms with Gasteiger partial charge in [-0.25, -0.2) is 8.42 Å². The summed E-state index contributed by atoms with van der Waals surface area (Å²) in [5, 5.41) is 3.28. The van der Waals surface area contributed by atoms with Crippen molar-refractivity contribution in [3.63, 3.8) is 0 Å². The lowest BCUT2D eigenvalue weighted by atomic mass is 10.2. The number of amides is 1. The second-order valence-corrected chi connectivity index (χ2v) is 9.72. The van der Waals surface area contributed by atoms with Gasteiger partial charge in [0.15, 0.2) is 0 Å². The number of nitrogens with one attached hydrogen (secondary N) is 1. The number of benzene rings is 3. The fourth-order valence-electron chi connectivity index (χ4n) is 3.08. The fourth-order valence-corrected chi connectivity index (χ4v) is 4.68. The van der Waals surface area contributed by atoms with Crippen LogP contribution in [0.1, 0.15) is 16.7 Å². The zero-order valence-electron chi connectivity index (χ0n) is 17.9. The largest absolute Gasteiger partial charge is 0.497 e. The van der Waals surface area contributed by atoms with Gasteiger partial charge in [0.1, 0.15) is 5.75 Å². The molecule has 0 radical (unpaired) electrons. The van der Waals surface area contributed by atoms with Crippen LogP contribution in [0.3, 0.4) is 0 Å². The molecule has 3 aromatic rings. The minimum Gasteiger partial charge on any atom is -0.497 e. The summed E-state index contributed by atoms with van der Waals surface area (Å²) in [6.07, 6.45) is 0. The Morgan fingerprint density at radius 1 is 1.00 bits per heavy atom. The van der Waals surface area contributed by atoms with Gasteiger partial charge in [-0.1, -0.05) is 53.6 Å². The molecule has 0 atom stereocenters. The Morgan fingerprint density at radius 3 is 2.31 bits per heavy atom. The molecule has 0 aliphatic rings. The van der Waals surface area contributed by atoms with Gasteiger partial charge in [-0.05, 0) is 54.4 Å². The van der Waals surface area contributed by atoms with E-state index in [4.69, 9.17) is 16.3 Å². The Kier molecular flexibility index (Phi) is 7.90. The van der Waals surface area contributed by atoms with Crippen LogP contribution in [0.15, 0.2) is 77.7 Å². The van der Waals surface area contributed by atoms with Crippen molar-refractivity contribution in [3.8, 4) is 5.75 Å². The predicted molar refractivity (Wildman–Crippen MR) is 125 cm³/mol. The number of halogens is 1. The van der Waals surface area contributed by atoms with E-state index in [1.54, 1.807) is 67.8 Å². The minimum atomic E-state index is -3.90. The molecule has 0 saturated carbocycles. The number of aryl methyl sites for hydroxylation is 1. The van der Waals surface area contributed by atoms with Crippen LogP contribution >= 0.6 is 11.6 Å². The second kappa shape index (κ2) is 10.6. The van der Waals surface area contributed by atoms with E-state index in [1.807, 2.05) is 19.1 Å². The highest BCUT2D eigenvalue weighted by atomic mass is 35.5. The molecule has 32 heavy (non-hydrogen) atoms. The van der Waals surface area contributed by atoms with Crippen molar-refractivity contribution in [1.29, 1.82) is 0 Å². The molecule has 1 amide bonds. The summed E-state index contributed by atoms with van der Waals surface area (Å²) in [4.78, 5) is 12.8. The Balaban J connectivity index is 1.78. The first-order valence-electron chi connectivity index (χ1n) is 9.99. The van der Waals surface area contributed by atoms with Crippen LogP contribution in [0.2, 0.25) is 5.02 Å². The van der Waals surface area contributed by atoms with Gasteiger partial charge >= 0.3 is 0 Å². The highest BCUT2D eigenvalue weighted by Crippen LogP contribution is 2.20. The normalized spacial score (nSPS) is 11.4. The Morgan fingerprint density at radius 2 is 1.69 bits per heavy atom. The number of hydrogen-bond donors (Lipinski definition) is 1. The fraction of sp³-hybridized carbons (Fsp3) is 0.208. The summed E-state index contributed by atoms with van der Waals surface area (Å²) < 4.78 is 32.9. The molecular formula is C24H25ClN2O4S. The number of hydrogen-bond acceptors (Lipinski definition) is 4. The molecule has 3 aromatic carbocycles. The van der Waals surface area contributed by atoms with E-state index >= 15 is 0 Å². The first kappa shape index (κ1) is 23.8. The molecule has 0 unspecified atom stereocenters. The van der Waals surface area contributed by atoms with E-state index < -0.39 is 15.9 Å². The molecule has 0 saturated heterocycles. The highest BCUT2D eigenvalue weighted by Gasteiger charge is 2.27. The molecule has 8 heteroatoms. The first-order valence-corrected chi connectivity index (χ1v) is 11.8. The van der Waals surface area contributed by atoms with Crippen molar-refractivity contribution < 1.29 is 17.9 Å². The average Bonchev–Trinajstić information content (AvgIpc) is 2.78. The van der Waals surface area contributed by atoms with Crippen molar-refractivity contribution in [2.45, 2.75) is 24.9 Å². The lowest BCUT2D eigenvalue weighted by molar-refractivity contribution is -0.121. The van der Waals surface area contributed by atoms with E-state index in [0.29, 0.717) is 10.6 Å². The third kappa shape index (κ3) is 6.32. The van der Waals surface area contributed by atoms with Gasteiger partial charge in [0.2, 0.25) is 15.9 Å². The van der Waals surface area contributed by atoms with Crippen LogP contribution in [0, 0.1) is 6.92 Å². The zero-order chi connectivity index (χ0) is 23.1. The SMILES string of the molecule is COc1ccc(CNC(=O)CN(Cc2cccc(Cl)c2)S(=O)(=O)c2ccc(C)cc2)cc1. The number of nitrogens with zero attached hydrogens (tertiary/aromatic N) is 1. The number of sulfonamides is 1. The van der Waals surface area contributed by atoms with E-state index in [0.717, 1.165) is 21.2 Å². The third-order valence-electron chi connectivity index (χ3n) is 4.88. The van der Waals surface area contributed by atoms with Gasteiger partial charge in [-0.15, -0.1) is 0 Å². The third-order valence-corrected chi connectivity index (χ3v) is 6.92. The van der Waals surface area contributed by atoms with Crippen LogP contribution in [-0.4, -0.2) is 32.3 Å². The predicted octanol–water partition coefficient (Wildman–Crippen LogP) is 4.16. The Labute approximate surface area is 193 Å². The van der Waals surface area contributed by atoms with Crippen molar-refractivity contribution in [2.75, 3.05) is 13.7 Å². The zero-order valence-corrected chi connectivity index (χ0v) is 19.5. The topological polar surface area (TPSA) is 75.7 Å². The van der Waals surface area contributed by atoms with Crippen LogP contribution in [0.4, 0.5) is 0 Å². The minimum absolute atomic E-state index is 0.0206. The summed E-state index contributed by atoms with van der Waals surface area (Å²) in [5.74, 6) is 0.315. The lowest BCUT2D eigenvalue weighted by Gasteiger charge is -2.22. The molecule has 1 N–H and O–H groups in total. The highest BCUT2D eigenvalue weighted by molar-refractivity contribution is 7.89. The molecule has 3 rings (SSSR count). The maximum Gasteiger partial charge on any atom is 0.243 e. The van der Waals surface area contributed by atoms with Gasteiger partial charge in [-0.3, -0.25) is 4.79 Å². The number of carbonyl (C=O) groups excluding carboxylic acids is 1. The average molecular weight is 473 g/mol. The van der Waals surface area contributed by atoms with Crippen molar-refractivity contribution >= 4 is 27.5 Å². The van der Waals surface area contributed by atoms with Crippen molar-refractivity contribution in [2.24, 2.45) is 0 Å². The van der Waals surface area contributed by atoms with Gasteiger partial charge < -0.3 is 10.1 Å². The smallest absolute Gasteiger partial charge is 0.243 e. The van der Waals surface area contributed by atoms with E-state index in [2.05, 4.69) is 5.32 Å². The molecule has 6 nitrogen and oxygen atoms in total. The lowest BCUT2D eigenvalue weighted by Crippen LogP contribution is -2.40. The quantitative estimate of drug-likeness (QED) is 0.507. The number of carbonyl (C=O) groups is 1. The summed E-state index contributed by atoms with van der Waals surface area (Å²) in [7, 11) is -2.32. The van der Waals surface area contributed by atoms with Gasteiger partial charge in [0, 0.05) is 18.1 Å². The van der Waals surface area contributed by atoms with Crippen molar-refractivity contribution in [1.82, 2.24) is 9.62 Å². The number of methoxy groups -OCH3 is 1. The van der Waals surface area contributed by atoms with E-state index in [9.17, 15) is 13.2 Å². The molecular weight excluding hydrogens is 448 g/mol. The van der Waals surface area contributed by atoms with Gasteiger partial charge in [-0.2, -0.15) is 4.31 Å². The first-order chi connectivity index (χ1) is 15.3. The summed E-state index contributed by atoms with van der Waals surface area (Å²) >= 11 is 6.07. The van der Waals surface area contributed by atoms with Crippen LogP contribution in [0.5, 0.6) is 5.75 Å². The van der Waals surface area contributed by atoms with Crippen LogP contribution < -0.4 is 10.1 Å². The molecule has 0 heterocycles. The summed E-state index contributed by atoms with van der Waals surface area (Å²) in [6.45, 7) is 1.86. The monoisotopic (exact) mass is 472 g/mol.